The Hall–Kier alpha value is -0.780. The molecule has 1 saturated carbocycles. The van der Waals surface area contributed by atoms with E-state index >= 15 is 0 Å². The van der Waals surface area contributed by atoms with Gasteiger partial charge in [0.15, 0.2) is 6.29 Å². The lowest BCUT2D eigenvalue weighted by molar-refractivity contribution is -0.343. The van der Waals surface area contributed by atoms with Crippen molar-refractivity contribution in [2.45, 2.75) is 55.1 Å². The molecule has 0 unspecified atom stereocenters. The van der Waals surface area contributed by atoms with Crippen LogP contribution < -0.4 is 0 Å². The number of hydrogen-bond acceptors (Lipinski definition) is 9. The normalized spacial score (nSPS) is 55.6. The molecular formula is C15H22O9. The van der Waals surface area contributed by atoms with Gasteiger partial charge in [-0.05, 0) is 18.4 Å². The second-order valence-corrected chi connectivity index (χ2v) is 6.81. The van der Waals surface area contributed by atoms with Crippen molar-refractivity contribution in [3.63, 3.8) is 0 Å². The van der Waals surface area contributed by atoms with Crippen molar-refractivity contribution in [2.75, 3.05) is 13.2 Å². The number of aliphatic hydroxyl groups is 5. The number of hydrogen-bond donors (Lipinski definition) is 5. The molecule has 0 spiro atoms. The minimum atomic E-state index is -1.52. The minimum Gasteiger partial charge on any atom is -0.472 e. The first-order chi connectivity index (χ1) is 11.5. The van der Waals surface area contributed by atoms with E-state index in [4.69, 9.17) is 18.9 Å². The van der Waals surface area contributed by atoms with Crippen LogP contribution in [-0.4, -0.2) is 87.4 Å². The zero-order valence-electron chi connectivity index (χ0n) is 12.8. The highest BCUT2D eigenvalue weighted by atomic mass is 16.8. The molecule has 4 rings (SSSR count). The Morgan fingerprint density at radius 3 is 2.58 bits per heavy atom. The van der Waals surface area contributed by atoms with Crippen LogP contribution in [0.5, 0.6) is 0 Å². The molecule has 1 aliphatic carbocycles. The van der Waals surface area contributed by atoms with Crippen molar-refractivity contribution < 1.29 is 44.5 Å². The molecule has 3 aliphatic heterocycles. The molecule has 9 heteroatoms. The van der Waals surface area contributed by atoms with Crippen molar-refractivity contribution in [1.29, 1.82) is 0 Å². The SMILES string of the molecule is OC[C@H]1O[C@H](O[C@H]2OC=C[C@H]3C[C@@H]4O[C@]4(CO)[C@@H]23)[C@H](O)[C@@H](O)[C@@H]1O. The standard InChI is InChI=1S/C15H22O9/c16-4-7-10(18)11(19)12(20)14(22-7)23-13-9-6(1-2-21-13)3-8-15(9,5-17)24-8/h1-2,6-14,16-20H,3-5H2/t6-,7+,8-,9+,10+,11-,12+,13+,14+,15-/m0/s1. The van der Waals surface area contributed by atoms with E-state index in [-0.39, 0.29) is 24.5 Å². The molecule has 3 fully saturated rings. The average molecular weight is 346 g/mol. The summed E-state index contributed by atoms with van der Waals surface area (Å²) >= 11 is 0. The van der Waals surface area contributed by atoms with Crippen LogP contribution in [0.4, 0.5) is 0 Å². The Morgan fingerprint density at radius 1 is 1.08 bits per heavy atom. The van der Waals surface area contributed by atoms with Crippen molar-refractivity contribution in [3.8, 4) is 0 Å². The van der Waals surface area contributed by atoms with Gasteiger partial charge in [0.25, 0.3) is 0 Å². The first-order valence-electron chi connectivity index (χ1n) is 8.08. The van der Waals surface area contributed by atoms with E-state index in [9.17, 15) is 25.5 Å². The molecular weight excluding hydrogens is 324 g/mol. The summed E-state index contributed by atoms with van der Waals surface area (Å²) in [7, 11) is 0. The van der Waals surface area contributed by atoms with E-state index in [0.717, 1.165) is 6.42 Å². The van der Waals surface area contributed by atoms with Crippen LogP contribution in [-0.2, 0) is 18.9 Å². The highest BCUT2D eigenvalue weighted by Crippen LogP contribution is 2.59. The van der Waals surface area contributed by atoms with Crippen molar-refractivity contribution in [1.82, 2.24) is 0 Å². The van der Waals surface area contributed by atoms with Gasteiger partial charge >= 0.3 is 0 Å². The number of aliphatic hydroxyl groups excluding tert-OH is 5. The van der Waals surface area contributed by atoms with Crippen LogP contribution in [0.25, 0.3) is 0 Å². The molecule has 0 radical (unpaired) electrons. The average Bonchev–Trinajstić information content (AvgIpc) is 3.20. The van der Waals surface area contributed by atoms with Gasteiger partial charge in [-0.1, -0.05) is 0 Å². The third-order valence-corrected chi connectivity index (χ3v) is 5.56. The molecule has 9 nitrogen and oxygen atoms in total. The summed E-state index contributed by atoms with van der Waals surface area (Å²) in [5.74, 6) is -0.163. The monoisotopic (exact) mass is 346 g/mol. The molecule has 136 valence electrons. The fourth-order valence-corrected chi connectivity index (χ4v) is 4.14. The predicted molar refractivity (Wildman–Crippen MR) is 75.2 cm³/mol. The molecule has 4 aliphatic rings. The second kappa shape index (κ2) is 5.89. The topological polar surface area (TPSA) is 141 Å². The van der Waals surface area contributed by atoms with Gasteiger partial charge in [-0.15, -0.1) is 0 Å². The van der Waals surface area contributed by atoms with Gasteiger partial charge in [0, 0.05) is 0 Å². The van der Waals surface area contributed by atoms with Crippen LogP contribution in [0.1, 0.15) is 6.42 Å². The first-order valence-corrected chi connectivity index (χ1v) is 8.08. The molecule has 0 aromatic heterocycles. The molecule has 2 saturated heterocycles. The summed E-state index contributed by atoms with van der Waals surface area (Å²) in [4.78, 5) is 0. The van der Waals surface area contributed by atoms with Crippen LogP contribution in [0, 0.1) is 11.8 Å². The minimum absolute atomic E-state index is 0.0512. The fourth-order valence-electron chi connectivity index (χ4n) is 4.14. The number of rotatable bonds is 4. The molecule has 10 atom stereocenters. The Bertz CT molecular complexity index is 507. The van der Waals surface area contributed by atoms with Gasteiger partial charge in [-0.25, -0.2) is 0 Å². The molecule has 3 heterocycles. The van der Waals surface area contributed by atoms with Crippen molar-refractivity contribution >= 4 is 0 Å². The van der Waals surface area contributed by atoms with Crippen LogP contribution in [0.15, 0.2) is 12.3 Å². The van der Waals surface area contributed by atoms with E-state index < -0.39 is 49.2 Å². The van der Waals surface area contributed by atoms with Crippen molar-refractivity contribution in [2.24, 2.45) is 11.8 Å². The summed E-state index contributed by atoms with van der Waals surface area (Å²) in [5.41, 5.74) is -0.714. The molecule has 0 bridgehead atoms. The molecule has 0 amide bonds. The summed E-state index contributed by atoms with van der Waals surface area (Å²) in [5, 5.41) is 48.7. The zero-order valence-corrected chi connectivity index (χ0v) is 12.8. The number of fused-ring (bicyclic) bond motifs is 3. The second-order valence-electron chi connectivity index (χ2n) is 6.81. The Balaban J connectivity index is 1.51. The predicted octanol–water partition coefficient (Wildman–Crippen LogP) is -2.56. The summed E-state index contributed by atoms with van der Waals surface area (Å²) in [6.07, 6.45) is -3.55. The summed E-state index contributed by atoms with van der Waals surface area (Å²) in [6, 6.07) is 0. The Morgan fingerprint density at radius 2 is 1.88 bits per heavy atom. The third-order valence-electron chi connectivity index (χ3n) is 5.56. The van der Waals surface area contributed by atoms with Crippen LogP contribution >= 0.6 is 0 Å². The van der Waals surface area contributed by atoms with E-state index in [1.54, 1.807) is 0 Å². The molecule has 0 aromatic carbocycles. The molecule has 0 aromatic rings. The Labute approximate surface area is 138 Å². The number of epoxide rings is 1. The first kappa shape index (κ1) is 16.7. The van der Waals surface area contributed by atoms with Gasteiger partial charge in [-0.3, -0.25) is 0 Å². The van der Waals surface area contributed by atoms with Gasteiger partial charge in [-0.2, -0.15) is 0 Å². The van der Waals surface area contributed by atoms with E-state index in [1.165, 1.54) is 6.26 Å². The quantitative estimate of drug-likeness (QED) is 0.348. The third kappa shape index (κ3) is 2.31. The lowest BCUT2D eigenvalue weighted by Crippen LogP contribution is -2.60. The van der Waals surface area contributed by atoms with E-state index in [0.29, 0.717) is 0 Å². The highest BCUT2D eigenvalue weighted by Gasteiger charge is 2.71. The van der Waals surface area contributed by atoms with E-state index in [2.05, 4.69) is 0 Å². The number of ether oxygens (including phenoxy) is 4. The lowest BCUT2D eigenvalue weighted by Gasteiger charge is -2.42. The largest absolute Gasteiger partial charge is 0.472 e. The fraction of sp³-hybridized carbons (Fsp3) is 0.867. The maximum Gasteiger partial charge on any atom is 0.208 e. The smallest absolute Gasteiger partial charge is 0.208 e. The summed E-state index contributed by atoms with van der Waals surface area (Å²) < 4.78 is 22.2. The van der Waals surface area contributed by atoms with Gasteiger partial charge in [0.2, 0.25) is 6.29 Å². The van der Waals surface area contributed by atoms with Crippen molar-refractivity contribution in [3.05, 3.63) is 12.3 Å². The molecule has 5 N–H and O–H groups in total. The highest BCUT2D eigenvalue weighted by molar-refractivity contribution is 5.20. The van der Waals surface area contributed by atoms with Gasteiger partial charge < -0.3 is 44.5 Å². The lowest BCUT2D eigenvalue weighted by atomic mass is 9.86. The van der Waals surface area contributed by atoms with Gasteiger partial charge in [0.05, 0.1) is 31.5 Å². The maximum atomic E-state index is 10.1. The maximum absolute atomic E-state index is 10.1. The van der Waals surface area contributed by atoms with Crippen LogP contribution in [0.3, 0.4) is 0 Å². The Kier molecular flexibility index (Phi) is 4.09. The summed E-state index contributed by atoms with van der Waals surface area (Å²) in [6.45, 7) is -0.696. The van der Waals surface area contributed by atoms with Crippen LogP contribution in [0.2, 0.25) is 0 Å². The molecule has 24 heavy (non-hydrogen) atoms. The number of allylic oxidation sites excluding steroid dienone is 1. The van der Waals surface area contributed by atoms with E-state index in [1.807, 2.05) is 6.08 Å². The zero-order chi connectivity index (χ0) is 17.1. The van der Waals surface area contributed by atoms with Gasteiger partial charge in [0.1, 0.15) is 30.0 Å².